The van der Waals surface area contributed by atoms with E-state index >= 15 is 0 Å². The Labute approximate surface area is 179 Å². The minimum Gasteiger partial charge on any atom is -0.447 e. The van der Waals surface area contributed by atoms with Crippen molar-refractivity contribution in [2.24, 2.45) is 0 Å². The lowest BCUT2D eigenvalue weighted by Crippen LogP contribution is -2.16. The van der Waals surface area contributed by atoms with Crippen molar-refractivity contribution in [2.45, 2.75) is 0 Å². The zero-order valence-electron chi connectivity index (χ0n) is 16.5. The largest absolute Gasteiger partial charge is 0.447 e. The molecule has 2 amide bonds. The second kappa shape index (κ2) is 10.9. The van der Waals surface area contributed by atoms with Crippen LogP contribution < -0.4 is 10.6 Å². The van der Waals surface area contributed by atoms with E-state index in [1.165, 1.54) is 13.2 Å². The molecule has 3 rings (SSSR count). The predicted octanol–water partition coefficient (Wildman–Crippen LogP) is 5.26. The van der Waals surface area contributed by atoms with Gasteiger partial charge in [0.25, 0.3) is 0 Å². The number of ether oxygens (including phenoxy) is 2. The second-order valence-electron chi connectivity index (χ2n) is 6.23. The van der Waals surface area contributed by atoms with E-state index < -0.39 is 6.09 Å². The van der Waals surface area contributed by atoms with Crippen LogP contribution in [0.15, 0.2) is 72.8 Å². The first-order valence-corrected chi connectivity index (χ1v) is 10.1. The fraction of sp³-hybridized carbons (Fsp3) is 0.130. The summed E-state index contributed by atoms with van der Waals surface area (Å²) >= 11 is 1.61. The number of carbonyl (C=O) groups is 2. The molecule has 30 heavy (non-hydrogen) atoms. The number of carbonyl (C=O) groups excluding carboxylic acids is 2. The van der Waals surface area contributed by atoms with Gasteiger partial charge < -0.3 is 14.8 Å². The highest BCUT2D eigenvalue weighted by molar-refractivity contribution is 7.16. The fourth-order valence-corrected chi connectivity index (χ4v) is 3.50. The molecule has 0 fully saturated rings. The monoisotopic (exact) mass is 422 g/mol. The Morgan fingerprint density at radius 1 is 0.933 bits per heavy atom. The molecule has 2 N–H and O–H groups in total. The van der Waals surface area contributed by atoms with Gasteiger partial charge in [0.2, 0.25) is 5.91 Å². The molecule has 0 aliphatic rings. The molecule has 1 heterocycles. The predicted molar refractivity (Wildman–Crippen MR) is 121 cm³/mol. The Balaban J connectivity index is 1.55. The van der Waals surface area contributed by atoms with Gasteiger partial charge in [0.1, 0.15) is 6.61 Å². The molecule has 0 radical (unpaired) electrons. The van der Waals surface area contributed by atoms with Gasteiger partial charge in [-0.05, 0) is 42.0 Å². The van der Waals surface area contributed by atoms with Crippen molar-refractivity contribution in [3.63, 3.8) is 0 Å². The van der Waals surface area contributed by atoms with Crippen LogP contribution >= 0.6 is 11.3 Å². The zero-order valence-corrected chi connectivity index (χ0v) is 17.3. The Kier molecular flexibility index (Phi) is 7.77. The lowest BCUT2D eigenvalue weighted by atomic mass is 10.2. The second-order valence-corrected chi connectivity index (χ2v) is 7.34. The standard InChI is InChI=1S/C23H22N2O4S/c1-28-14-15-29-23(27)25-19-9-5-8-18(16-19)24-22(26)13-11-20-10-12-21(30-20)17-6-3-2-4-7-17/h2-13,16H,14-15H2,1H3,(H,24,26)(H,25,27). The number of amides is 2. The van der Waals surface area contributed by atoms with Gasteiger partial charge in [-0.2, -0.15) is 0 Å². The highest BCUT2D eigenvalue weighted by Gasteiger charge is 2.05. The quantitative estimate of drug-likeness (QED) is 0.383. The van der Waals surface area contributed by atoms with E-state index in [-0.39, 0.29) is 12.5 Å². The number of anilines is 2. The first kappa shape index (κ1) is 21.3. The molecule has 0 atom stereocenters. The summed E-state index contributed by atoms with van der Waals surface area (Å²) in [6, 6.07) is 21.0. The van der Waals surface area contributed by atoms with E-state index in [9.17, 15) is 9.59 Å². The van der Waals surface area contributed by atoms with E-state index in [1.807, 2.05) is 30.3 Å². The molecule has 0 saturated heterocycles. The third-order valence-corrected chi connectivity index (χ3v) is 5.08. The lowest BCUT2D eigenvalue weighted by molar-refractivity contribution is -0.111. The van der Waals surface area contributed by atoms with Crippen molar-refractivity contribution in [3.8, 4) is 10.4 Å². The van der Waals surface area contributed by atoms with E-state index in [0.717, 1.165) is 15.3 Å². The average molecular weight is 423 g/mol. The van der Waals surface area contributed by atoms with Gasteiger partial charge in [-0.15, -0.1) is 11.3 Å². The Morgan fingerprint density at radius 3 is 2.47 bits per heavy atom. The van der Waals surface area contributed by atoms with Crippen LogP contribution in [-0.4, -0.2) is 32.3 Å². The molecule has 7 heteroatoms. The summed E-state index contributed by atoms with van der Waals surface area (Å²) in [5, 5.41) is 5.39. The molecule has 2 aromatic carbocycles. The Hall–Kier alpha value is -3.42. The number of benzene rings is 2. The number of hydrogen-bond acceptors (Lipinski definition) is 5. The maximum atomic E-state index is 12.3. The Morgan fingerprint density at radius 2 is 1.70 bits per heavy atom. The molecule has 3 aromatic rings. The number of hydrogen-bond donors (Lipinski definition) is 2. The van der Waals surface area contributed by atoms with Crippen molar-refractivity contribution in [3.05, 3.63) is 77.7 Å². The van der Waals surface area contributed by atoms with Gasteiger partial charge in [0, 0.05) is 34.3 Å². The number of thiophene rings is 1. The minimum atomic E-state index is -0.581. The first-order valence-electron chi connectivity index (χ1n) is 9.31. The summed E-state index contributed by atoms with van der Waals surface area (Å²) in [5.41, 5.74) is 2.23. The average Bonchev–Trinajstić information content (AvgIpc) is 3.22. The maximum Gasteiger partial charge on any atom is 0.411 e. The van der Waals surface area contributed by atoms with Crippen LogP contribution in [0.4, 0.5) is 16.2 Å². The summed E-state index contributed by atoms with van der Waals surface area (Å²) < 4.78 is 9.78. The SMILES string of the molecule is COCCOC(=O)Nc1cccc(NC(=O)C=Cc2ccc(-c3ccccc3)s2)c1. The van der Waals surface area contributed by atoms with Crippen LogP contribution in [0.3, 0.4) is 0 Å². The van der Waals surface area contributed by atoms with E-state index in [2.05, 4.69) is 22.8 Å². The van der Waals surface area contributed by atoms with Gasteiger partial charge in [-0.25, -0.2) is 4.79 Å². The zero-order chi connectivity index (χ0) is 21.2. The van der Waals surface area contributed by atoms with Crippen LogP contribution in [0.5, 0.6) is 0 Å². The summed E-state index contributed by atoms with van der Waals surface area (Å²) in [5.74, 6) is -0.260. The van der Waals surface area contributed by atoms with Crippen LogP contribution in [0.1, 0.15) is 4.88 Å². The molecule has 0 spiro atoms. The molecule has 154 valence electrons. The highest BCUT2D eigenvalue weighted by atomic mass is 32.1. The van der Waals surface area contributed by atoms with Crippen molar-refractivity contribution in [1.29, 1.82) is 0 Å². The summed E-state index contributed by atoms with van der Waals surface area (Å²) in [6.45, 7) is 0.491. The molecule has 0 aliphatic carbocycles. The van der Waals surface area contributed by atoms with Gasteiger partial charge in [-0.1, -0.05) is 36.4 Å². The number of nitrogens with one attached hydrogen (secondary N) is 2. The molecule has 0 aliphatic heterocycles. The molecule has 0 bridgehead atoms. The summed E-state index contributed by atoms with van der Waals surface area (Å²) in [7, 11) is 1.53. The van der Waals surface area contributed by atoms with Crippen molar-refractivity contribution >= 4 is 40.8 Å². The summed E-state index contributed by atoms with van der Waals surface area (Å²) in [4.78, 5) is 26.1. The summed E-state index contributed by atoms with van der Waals surface area (Å²) in [6.07, 6.45) is 2.68. The van der Waals surface area contributed by atoms with E-state index in [1.54, 1.807) is 41.7 Å². The maximum absolute atomic E-state index is 12.3. The van der Waals surface area contributed by atoms with Crippen LogP contribution in [0, 0.1) is 0 Å². The van der Waals surface area contributed by atoms with Crippen molar-refractivity contribution in [2.75, 3.05) is 31.0 Å². The van der Waals surface area contributed by atoms with Gasteiger partial charge >= 0.3 is 6.09 Å². The molecule has 6 nitrogen and oxygen atoms in total. The third-order valence-electron chi connectivity index (χ3n) is 3.98. The van der Waals surface area contributed by atoms with Crippen LogP contribution in [0.25, 0.3) is 16.5 Å². The molecular weight excluding hydrogens is 400 g/mol. The van der Waals surface area contributed by atoms with Crippen molar-refractivity contribution in [1.82, 2.24) is 0 Å². The normalized spacial score (nSPS) is 10.7. The minimum absolute atomic E-state index is 0.165. The van der Waals surface area contributed by atoms with E-state index in [0.29, 0.717) is 18.0 Å². The van der Waals surface area contributed by atoms with Crippen LogP contribution in [-0.2, 0) is 14.3 Å². The smallest absolute Gasteiger partial charge is 0.411 e. The topological polar surface area (TPSA) is 76.7 Å². The van der Waals surface area contributed by atoms with Gasteiger partial charge in [0.15, 0.2) is 0 Å². The first-order chi connectivity index (χ1) is 14.6. The van der Waals surface area contributed by atoms with Crippen molar-refractivity contribution < 1.29 is 19.1 Å². The highest BCUT2D eigenvalue weighted by Crippen LogP contribution is 2.28. The number of methoxy groups -OCH3 is 1. The molecular formula is C23H22N2O4S. The number of rotatable bonds is 8. The lowest BCUT2D eigenvalue weighted by Gasteiger charge is -2.08. The van der Waals surface area contributed by atoms with Gasteiger partial charge in [-0.3, -0.25) is 10.1 Å². The third kappa shape index (κ3) is 6.58. The van der Waals surface area contributed by atoms with Gasteiger partial charge in [0.05, 0.1) is 6.61 Å². The fourth-order valence-electron chi connectivity index (χ4n) is 2.59. The Bertz CT molecular complexity index is 1010. The molecule has 0 unspecified atom stereocenters. The van der Waals surface area contributed by atoms with E-state index in [4.69, 9.17) is 9.47 Å². The molecule has 1 aromatic heterocycles. The molecule has 0 saturated carbocycles. The van der Waals surface area contributed by atoms with Crippen LogP contribution in [0.2, 0.25) is 0 Å².